The first-order valence-corrected chi connectivity index (χ1v) is 10.7. The van der Waals surface area contributed by atoms with Crippen molar-refractivity contribution in [1.82, 2.24) is 9.97 Å². The Hall–Kier alpha value is -2.63. The van der Waals surface area contributed by atoms with Crippen LogP contribution in [-0.2, 0) is 4.79 Å². The second-order valence-electron chi connectivity index (χ2n) is 8.34. The molecule has 4 aromatic rings. The van der Waals surface area contributed by atoms with Gasteiger partial charge in [-0.1, -0.05) is 37.6 Å². The van der Waals surface area contributed by atoms with Crippen molar-refractivity contribution >= 4 is 55.4 Å². The van der Waals surface area contributed by atoms with Crippen molar-refractivity contribution in [2.75, 3.05) is 0 Å². The highest BCUT2D eigenvalue weighted by Crippen LogP contribution is 2.46. The van der Waals surface area contributed by atoms with Gasteiger partial charge in [0.15, 0.2) is 5.78 Å². The van der Waals surface area contributed by atoms with Crippen LogP contribution in [0.4, 0.5) is 0 Å². The number of Topliss-reactive ketones (excluding diaryl/α,β-unsaturated/α-hetero) is 1. The number of fused-ring (bicyclic) bond motifs is 3. The minimum atomic E-state index is -0.257. The smallest absolute Gasteiger partial charge is 0.167 e. The van der Waals surface area contributed by atoms with Gasteiger partial charge in [-0.05, 0) is 29.7 Å². The second-order valence-corrected chi connectivity index (χ2v) is 9.63. The highest BCUT2D eigenvalue weighted by molar-refractivity contribution is 7.17. The zero-order valence-corrected chi connectivity index (χ0v) is 17.6. The molecule has 0 spiro atoms. The average Bonchev–Trinajstić information content (AvgIpc) is 3.24. The summed E-state index contributed by atoms with van der Waals surface area (Å²) >= 11 is 7.79. The maximum atomic E-state index is 13.2. The predicted molar refractivity (Wildman–Crippen MR) is 119 cm³/mol. The van der Waals surface area contributed by atoms with Gasteiger partial charge in [-0.15, -0.1) is 11.3 Å². The Morgan fingerprint density at radius 1 is 1.21 bits per heavy atom. The Labute approximate surface area is 176 Å². The quantitative estimate of drug-likeness (QED) is 0.375. The third kappa shape index (κ3) is 2.96. The molecule has 2 heterocycles. The van der Waals surface area contributed by atoms with Crippen LogP contribution in [0.15, 0.2) is 47.7 Å². The molecule has 0 bridgehead atoms. The zero-order chi connectivity index (χ0) is 20.3. The number of aliphatic hydroxyl groups excluding tert-OH is 1. The highest BCUT2D eigenvalue weighted by atomic mass is 35.5. The first-order valence-electron chi connectivity index (χ1n) is 9.43. The van der Waals surface area contributed by atoms with Gasteiger partial charge in [-0.3, -0.25) is 4.79 Å². The number of hydrogen-bond acceptors (Lipinski definition) is 4. The molecular weight excluding hydrogens is 404 g/mol. The van der Waals surface area contributed by atoms with E-state index in [1.165, 1.54) is 11.3 Å². The van der Waals surface area contributed by atoms with Gasteiger partial charge in [0.05, 0.1) is 27.0 Å². The van der Waals surface area contributed by atoms with Gasteiger partial charge in [0.1, 0.15) is 5.76 Å². The van der Waals surface area contributed by atoms with Crippen LogP contribution in [0.5, 0.6) is 0 Å². The van der Waals surface area contributed by atoms with E-state index in [0.717, 1.165) is 37.9 Å². The Balaban J connectivity index is 1.91. The maximum absolute atomic E-state index is 13.2. The Kier molecular flexibility index (Phi) is 4.09. The van der Waals surface area contributed by atoms with Crippen LogP contribution in [-0.4, -0.2) is 20.9 Å². The van der Waals surface area contributed by atoms with E-state index in [9.17, 15) is 9.90 Å². The number of nitrogens with one attached hydrogen (secondary N) is 1. The molecule has 0 aliphatic heterocycles. The lowest BCUT2D eigenvalue weighted by Crippen LogP contribution is -2.25. The largest absolute Gasteiger partial charge is 0.512 e. The second kappa shape index (κ2) is 6.44. The molecule has 0 atom stereocenters. The number of nitrogens with zero attached hydrogens (tertiary/aromatic N) is 1. The number of allylic oxidation sites excluding steroid dienone is 2. The van der Waals surface area contributed by atoms with Crippen molar-refractivity contribution in [3.05, 3.63) is 58.3 Å². The average molecular weight is 423 g/mol. The van der Waals surface area contributed by atoms with Crippen LogP contribution in [0.3, 0.4) is 0 Å². The first-order chi connectivity index (χ1) is 13.8. The molecule has 1 aliphatic rings. The van der Waals surface area contributed by atoms with Crippen LogP contribution in [0.1, 0.15) is 32.3 Å². The van der Waals surface area contributed by atoms with Crippen LogP contribution in [0, 0.1) is 5.41 Å². The van der Waals surface area contributed by atoms with E-state index in [0.29, 0.717) is 23.4 Å². The number of H-pyrrole nitrogens is 1. The molecule has 5 rings (SSSR count). The van der Waals surface area contributed by atoms with Crippen molar-refractivity contribution in [2.45, 2.75) is 26.7 Å². The lowest BCUT2D eigenvalue weighted by atomic mass is 9.74. The molecule has 4 nitrogen and oxygen atoms in total. The summed E-state index contributed by atoms with van der Waals surface area (Å²) in [6, 6.07) is 11.5. The standard InChI is InChI=1S/C23H19ClN2O2S/c1-23(2)9-16(27)19(17(28)10-23)20-18-14(6-7-15-22(18)29-11-25-15)26-21(20)12-4-3-5-13(24)8-12/h3-8,11,26-27H,9-10H2,1-2H3. The van der Waals surface area contributed by atoms with Gasteiger partial charge >= 0.3 is 0 Å². The minimum Gasteiger partial charge on any atom is -0.512 e. The summed E-state index contributed by atoms with van der Waals surface area (Å²) in [4.78, 5) is 21.1. The number of aromatic amines is 1. The summed E-state index contributed by atoms with van der Waals surface area (Å²) in [6.45, 7) is 4.01. The Morgan fingerprint density at radius 2 is 2.03 bits per heavy atom. The van der Waals surface area contributed by atoms with Crippen LogP contribution in [0.25, 0.3) is 38.0 Å². The lowest BCUT2D eigenvalue weighted by Gasteiger charge is -2.30. The molecule has 6 heteroatoms. The Bertz CT molecular complexity index is 1330. The summed E-state index contributed by atoms with van der Waals surface area (Å²) in [6.07, 6.45) is 0.862. The van der Waals surface area contributed by atoms with Gasteiger partial charge in [-0.25, -0.2) is 4.98 Å². The molecular formula is C23H19ClN2O2S. The molecule has 0 amide bonds. The SMILES string of the molecule is CC1(C)CC(=O)C(c2c(-c3cccc(Cl)c3)[nH]c3ccc4ncsc4c23)=C(O)C1. The van der Waals surface area contributed by atoms with Gasteiger partial charge in [-0.2, -0.15) is 0 Å². The number of thiazole rings is 1. The van der Waals surface area contributed by atoms with E-state index in [4.69, 9.17) is 11.6 Å². The number of ketones is 1. The van der Waals surface area contributed by atoms with E-state index in [1.54, 1.807) is 5.51 Å². The molecule has 2 N–H and O–H groups in total. The van der Waals surface area contributed by atoms with Crippen molar-refractivity contribution in [2.24, 2.45) is 5.41 Å². The van der Waals surface area contributed by atoms with Crippen molar-refractivity contribution in [3.63, 3.8) is 0 Å². The number of hydrogen-bond donors (Lipinski definition) is 2. The summed E-state index contributed by atoms with van der Waals surface area (Å²) in [5.74, 6) is 0.112. The van der Waals surface area contributed by atoms with E-state index in [2.05, 4.69) is 9.97 Å². The number of benzene rings is 2. The number of aromatic nitrogens is 2. The van der Waals surface area contributed by atoms with E-state index < -0.39 is 0 Å². The predicted octanol–water partition coefficient (Wildman–Crippen LogP) is 6.76. The molecule has 0 fully saturated rings. The third-order valence-corrected chi connectivity index (χ3v) is 6.57. The number of carbonyl (C=O) groups is 1. The summed E-state index contributed by atoms with van der Waals surface area (Å²) in [5.41, 5.74) is 6.15. The number of rotatable bonds is 2. The minimum absolute atomic E-state index is 0.0375. The molecule has 2 aromatic carbocycles. The molecule has 0 unspecified atom stereocenters. The van der Waals surface area contributed by atoms with Crippen LogP contribution < -0.4 is 0 Å². The fourth-order valence-corrected chi connectivity index (χ4v) is 5.32. The Morgan fingerprint density at radius 3 is 2.79 bits per heavy atom. The molecule has 29 heavy (non-hydrogen) atoms. The van der Waals surface area contributed by atoms with Crippen molar-refractivity contribution < 1.29 is 9.90 Å². The van der Waals surface area contributed by atoms with Crippen LogP contribution >= 0.6 is 22.9 Å². The van der Waals surface area contributed by atoms with Gasteiger partial charge in [0, 0.05) is 39.9 Å². The van der Waals surface area contributed by atoms with Gasteiger partial charge < -0.3 is 10.1 Å². The topological polar surface area (TPSA) is 66.0 Å². The number of aliphatic hydroxyl groups is 1. The van der Waals surface area contributed by atoms with Gasteiger partial charge in [0.2, 0.25) is 0 Å². The number of carbonyl (C=O) groups excluding carboxylic acids is 1. The van der Waals surface area contributed by atoms with E-state index in [-0.39, 0.29) is 17.0 Å². The lowest BCUT2D eigenvalue weighted by molar-refractivity contribution is -0.116. The van der Waals surface area contributed by atoms with E-state index >= 15 is 0 Å². The van der Waals surface area contributed by atoms with Crippen molar-refractivity contribution in [1.29, 1.82) is 0 Å². The first kappa shape index (κ1) is 18.4. The molecule has 2 aromatic heterocycles. The zero-order valence-electron chi connectivity index (χ0n) is 16.0. The van der Waals surface area contributed by atoms with Crippen LogP contribution in [0.2, 0.25) is 5.02 Å². The summed E-state index contributed by atoms with van der Waals surface area (Å²) in [7, 11) is 0. The molecule has 0 radical (unpaired) electrons. The fraction of sp³-hybridized carbons (Fsp3) is 0.217. The molecule has 146 valence electrons. The van der Waals surface area contributed by atoms with E-state index in [1.807, 2.05) is 50.2 Å². The summed E-state index contributed by atoms with van der Waals surface area (Å²) < 4.78 is 1.000. The summed E-state index contributed by atoms with van der Waals surface area (Å²) in [5, 5.41) is 12.5. The molecule has 1 aliphatic carbocycles. The number of halogens is 1. The van der Waals surface area contributed by atoms with Gasteiger partial charge in [0.25, 0.3) is 0 Å². The normalized spacial score (nSPS) is 16.9. The molecule has 0 saturated heterocycles. The fourth-order valence-electron chi connectivity index (χ4n) is 4.29. The monoisotopic (exact) mass is 422 g/mol. The molecule has 0 saturated carbocycles. The highest BCUT2D eigenvalue weighted by Gasteiger charge is 2.36. The third-order valence-electron chi connectivity index (χ3n) is 5.47. The van der Waals surface area contributed by atoms with Crippen molar-refractivity contribution in [3.8, 4) is 11.3 Å². The maximum Gasteiger partial charge on any atom is 0.167 e.